The molecule has 7 heteroatoms. The average Bonchev–Trinajstić information content (AvgIpc) is 2.27. The van der Waals surface area contributed by atoms with Gasteiger partial charge >= 0.3 is 11.7 Å². The maximum Gasteiger partial charge on any atom is 0.311 e. The number of aliphatic carboxylic acids is 1. The van der Waals surface area contributed by atoms with Gasteiger partial charge in [0.2, 0.25) is 5.82 Å². The van der Waals surface area contributed by atoms with Crippen molar-refractivity contribution in [3.63, 3.8) is 0 Å². The number of anilines is 1. The van der Waals surface area contributed by atoms with Crippen molar-refractivity contribution in [3.05, 3.63) is 27.9 Å². The number of aryl methyl sites for hydroxylation is 1. The van der Waals surface area contributed by atoms with Crippen LogP contribution in [-0.4, -0.2) is 26.5 Å². The van der Waals surface area contributed by atoms with E-state index in [4.69, 9.17) is 5.11 Å². The molecule has 2 rings (SSSR count). The number of carboxylic acids is 1. The summed E-state index contributed by atoms with van der Waals surface area (Å²) < 4.78 is 0. The third kappa shape index (κ3) is 2.81. The molecule has 0 spiro atoms. The maximum atomic E-state index is 11.0. The molecule has 0 saturated heterocycles. The first-order chi connectivity index (χ1) is 8.92. The molecule has 0 bridgehead atoms. The number of rotatable bonds is 5. The lowest BCUT2D eigenvalue weighted by atomic mass is 9.74. The Hall–Kier alpha value is -2.18. The Labute approximate surface area is 109 Å². The van der Waals surface area contributed by atoms with E-state index in [2.05, 4.69) is 10.3 Å². The third-order valence-electron chi connectivity index (χ3n) is 3.38. The van der Waals surface area contributed by atoms with Gasteiger partial charge in [0, 0.05) is 17.8 Å². The Morgan fingerprint density at radius 1 is 1.63 bits per heavy atom. The van der Waals surface area contributed by atoms with E-state index >= 15 is 0 Å². The molecule has 0 atom stereocenters. The van der Waals surface area contributed by atoms with E-state index < -0.39 is 16.4 Å². The van der Waals surface area contributed by atoms with Crippen molar-refractivity contribution in [3.8, 4) is 0 Å². The van der Waals surface area contributed by atoms with E-state index in [1.807, 2.05) is 0 Å². The Morgan fingerprint density at radius 3 is 2.79 bits per heavy atom. The van der Waals surface area contributed by atoms with Crippen LogP contribution in [0.2, 0.25) is 0 Å². The first-order valence-corrected chi connectivity index (χ1v) is 6.03. The van der Waals surface area contributed by atoms with Gasteiger partial charge in [0.05, 0.1) is 11.3 Å². The van der Waals surface area contributed by atoms with Crippen LogP contribution in [0.3, 0.4) is 0 Å². The fraction of sp³-hybridized carbons (Fsp3) is 0.500. The van der Waals surface area contributed by atoms with Crippen molar-refractivity contribution >= 4 is 17.5 Å². The lowest BCUT2D eigenvalue weighted by Gasteiger charge is -2.41. The summed E-state index contributed by atoms with van der Waals surface area (Å²) in [5, 5.41) is 22.9. The molecule has 1 saturated carbocycles. The summed E-state index contributed by atoms with van der Waals surface area (Å²) in [6, 6.07) is 1.43. The minimum absolute atomic E-state index is 0.0558. The minimum atomic E-state index is -0.915. The summed E-state index contributed by atoms with van der Waals surface area (Å²) in [5.41, 5.74) is -0.0198. The zero-order valence-corrected chi connectivity index (χ0v) is 10.5. The fourth-order valence-electron chi connectivity index (χ4n) is 2.28. The monoisotopic (exact) mass is 265 g/mol. The number of nitro groups is 1. The number of nitrogens with one attached hydrogen (secondary N) is 1. The Balaban J connectivity index is 2.27. The van der Waals surface area contributed by atoms with Gasteiger partial charge in [-0.05, 0) is 31.7 Å². The predicted octanol–water partition coefficient (Wildman–Crippen LogP) is 2.11. The van der Waals surface area contributed by atoms with E-state index in [-0.39, 0.29) is 17.9 Å². The van der Waals surface area contributed by atoms with Crippen molar-refractivity contribution in [2.24, 2.45) is 0 Å². The highest BCUT2D eigenvalue weighted by molar-refractivity contribution is 5.70. The molecule has 1 aromatic heterocycles. The molecule has 1 heterocycles. The summed E-state index contributed by atoms with van der Waals surface area (Å²) in [6.07, 6.45) is 3.76. The predicted molar refractivity (Wildman–Crippen MR) is 68.1 cm³/mol. The Kier molecular flexibility index (Phi) is 3.37. The van der Waals surface area contributed by atoms with Gasteiger partial charge in [0.25, 0.3) is 0 Å². The molecule has 0 unspecified atom stereocenters. The molecule has 1 aromatic rings. The second kappa shape index (κ2) is 4.83. The second-order valence-electron chi connectivity index (χ2n) is 4.97. The van der Waals surface area contributed by atoms with Crippen molar-refractivity contribution < 1.29 is 14.8 Å². The molecule has 0 radical (unpaired) electrons. The van der Waals surface area contributed by atoms with Crippen molar-refractivity contribution in [2.45, 2.75) is 38.1 Å². The standard InChI is InChI=1S/C12H15N3O4/c1-8-5-9(15(18)19)11(13-7-8)14-12(3-2-4-12)6-10(16)17/h5,7H,2-4,6H2,1H3,(H,13,14)(H,16,17). The number of aromatic nitrogens is 1. The summed E-state index contributed by atoms with van der Waals surface area (Å²) in [6.45, 7) is 1.72. The molecule has 2 N–H and O–H groups in total. The van der Waals surface area contributed by atoms with Crippen molar-refractivity contribution in [1.29, 1.82) is 0 Å². The number of pyridine rings is 1. The van der Waals surface area contributed by atoms with Crippen LogP contribution in [0.1, 0.15) is 31.2 Å². The molecule has 0 amide bonds. The van der Waals surface area contributed by atoms with Crippen LogP contribution < -0.4 is 5.32 Å². The maximum absolute atomic E-state index is 11.0. The SMILES string of the molecule is Cc1cnc(NC2(CC(=O)O)CCC2)c([N+](=O)[O-])c1. The van der Waals surface area contributed by atoms with Gasteiger partial charge in [0.15, 0.2) is 0 Å². The van der Waals surface area contributed by atoms with Crippen molar-refractivity contribution in [1.82, 2.24) is 4.98 Å². The third-order valence-corrected chi connectivity index (χ3v) is 3.38. The summed E-state index contributed by atoms with van der Waals surface area (Å²) in [7, 11) is 0. The van der Waals surface area contributed by atoms with Crippen LogP contribution in [0.4, 0.5) is 11.5 Å². The van der Waals surface area contributed by atoms with Gasteiger partial charge in [-0.1, -0.05) is 0 Å². The molecule has 1 aliphatic rings. The summed E-state index contributed by atoms with van der Waals surface area (Å²) in [4.78, 5) is 25.4. The number of hydrogen-bond donors (Lipinski definition) is 2. The number of hydrogen-bond acceptors (Lipinski definition) is 5. The highest BCUT2D eigenvalue weighted by atomic mass is 16.6. The first kappa shape index (κ1) is 13.3. The van der Waals surface area contributed by atoms with Crippen LogP contribution in [0.15, 0.2) is 12.3 Å². The number of nitrogens with zero attached hydrogens (tertiary/aromatic N) is 2. The molecule has 1 fully saturated rings. The molecular weight excluding hydrogens is 250 g/mol. The molecule has 102 valence electrons. The van der Waals surface area contributed by atoms with Gasteiger partial charge in [-0.25, -0.2) is 4.98 Å². The molecule has 0 aromatic carbocycles. The second-order valence-corrected chi connectivity index (χ2v) is 4.97. The van der Waals surface area contributed by atoms with Gasteiger partial charge in [-0.3, -0.25) is 14.9 Å². The van der Waals surface area contributed by atoms with E-state index in [0.29, 0.717) is 18.4 Å². The smallest absolute Gasteiger partial charge is 0.311 e. The highest BCUT2D eigenvalue weighted by Crippen LogP contribution is 2.39. The quantitative estimate of drug-likeness (QED) is 0.624. The minimum Gasteiger partial charge on any atom is -0.481 e. The zero-order chi connectivity index (χ0) is 14.0. The highest BCUT2D eigenvalue weighted by Gasteiger charge is 2.40. The van der Waals surface area contributed by atoms with Gasteiger partial charge in [0.1, 0.15) is 0 Å². The largest absolute Gasteiger partial charge is 0.481 e. The molecule has 19 heavy (non-hydrogen) atoms. The van der Waals surface area contributed by atoms with Crippen molar-refractivity contribution in [2.75, 3.05) is 5.32 Å². The van der Waals surface area contributed by atoms with Gasteiger partial charge < -0.3 is 10.4 Å². The number of carboxylic acid groups (broad SMARTS) is 1. The van der Waals surface area contributed by atoms with Crippen LogP contribution in [0, 0.1) is 17.0 Å². The zero-order valence-electron chi connectivity index (χ0n) is 10.5. The van der Waals surface area contributed by atoms with E-state index in [1.54, 1.807) is 6.92 Å². The summed E-state index contributed by atoms with van der Waals surface area (Å²) >= 11 is 0. The molecule has 1 aliphatic carbocycles. The van der Waals surface area contributed by atoms with Gasteiger partial charge in [-0.15, -0.1) is 0 Å². The van der Waals surface area contributed by atoms with E-state index in [1.165, 1.54) is 12.3 Å². The van der Waals surface area contributed by atoms with Crippen LogP contribution in [-0.2, 0) is 4.79 Å². The average molecular weight is 265 g/mol. The molecule has 0 aliphatic heterocycles. The van der Waals surface area contributed by atoms with Crippen LogP contribution in [0.25, 0.3) is 0 Å². The van der Waals surface area contributed by atoms with E-state index in [0.717, 1.165) is 6.42 Å². The normalized spacial score (nSPS) is 16.5. The summed E-state index contributed by atoms with van der Waals surface area (Å²) in [5.74, 6) is -0.765. The van der Waals surface area contributed by atoms with E-state index in [9.17, 15) is 14.9 Å². The first-order valence-electron chi connectivity index (χ1n) is 6.03. The van der Waals surface area contributed by atoms with Gasteiger partial charge in [-0.2, -0.15) is 0 Å². The lowest BCUT2D eigenvalue weighted by Crippen LogP contribution is -2.47. The topological polar surface area (TPSA) is 105 Å². The van der Waals surface area contributed by atoms with Crippen LogP contribution in [0.5, 0.6) is 0 Å². The Bertz CT molecular complexity index is 526. The number of carbonyl (C=O) groups is 1. The fourth-order valence-corrected chi connectivity index (χ4v) is 2.28. The lowest BCUT2D eigenvalue weighted by molar-refractivity contribution is -0.384. The molecule has 7 nitrogen and oxygen atoms in total. The van der Waals surface area contributed by atoms with Crippen LogP contribution >= 0.6 is 0 Å². The molecular formula is C12H15N3O4. The Morgan fingerprint density at radius 2 is 2.32 bits per heavy atom.